The van der Waals surface area contributed by atoms with Crippen LogP contribution in [0.15, 0.2) is 109 Å². The first-order valence-electron chi connectivity index (χ1n) is 21.2. The standard InChI is InChI=1S/C52H50O2/c1-29-50-51(29)52(50)24-22-35(23-25-52)32-4-8-34(9-5-32)38-15-19-42-40(27-38)17-21-46(54)49(42)48-41-18-14-37(26-39(41)16-20-45(48)53)33-6-2-30(3-7-33)31-10-12-36(13-11-31)47-43-28-44(43)47/h2-9,14-21,26-27,29,31,35-36,43-44,47,50-51,53-54H,10-13,22-25,28H2,1H3. The van der Waals surface area contributed by atoms with Gasteiger partial charge in [-0.25, -0.2) is 0 Å². The minimum atomic E-state index is 0.178. The molecule has 6 aromatic carbocycles. The summed E-state index contributed by atoms with van der Waals surface area (Å²) in [6.45, 7) is 2.45. The Hall–Kier alpha value is -4.56. The summed E-state index contributed by atoms with van der Waals surface area (Å²) in [7, 11) is 0. The zero-order chi connectivity index (χ0) is 35.9. The molecule has 6 aromatic rings. The topological polar surface area (TPSA) is 40.5 Å². The molecule has 2 nitrogen and oxygen atoms in total. The van der Waals surface area contributed by atoms with Crippen molar-refractivity contribution in [3.8, 4) is 44.9 Å². The van der Waals surface area contributed by atoms with Crippen molar-refractivity contribution in [2.24, 2.45) is 46.8 Å². The largest absolute Gasteiger partial charge is 0.507 e. The molecule has 6 fully saturated rings. The molecule has 54 heavy (non-hydrogen) atoms. The molecule has 6 aliphatic carbocycles. The van der Waals surface area contributed by atoms with Crippen LogP contribution in [0.5, 0.6) is 11.5 Å². The monoisotopic (exact) mass is 706 g/mol. The van der Waals surface area contributed by atoms with Crippen molar-refractivity contribution in [1.29, 1.82) is 0 Å². The second kappa shape index (κ2) is 11.5. The molecule has 0 bridgehead atoms. The first kappa shape index (κ1) is 31.8. The lowest BCUT2D eigenvalue weighted by molar-refractivity contribution is 0.200. The fraction of sp³-hybridized carbons (Fsp3) is 0.385. The van der Waals surface area contributed by atoms with Crippen molar-refractivity contribution >= 4 is 21.5 Å². The van der Waals surface area contributed by atoms with Crippen LogP contribution in [-0.4, -0.2) is 10.2 Å². The van der Waals surface area contributed by atoms with E-state index in [9.17, 15) is 10.2 Å². The number of phenolic OH excluding ortho intramolecular Hbond substituents is 2. The normalized spacial score (nSPS) is 33.0. The van der Waals surface area contributed by atoms with Crippen LogP contribution in [0.25, 0.3) is 54.9 Å². The molecule has 0 aromatic heterocycles. The van der Waals surface area contributed by atoms with Crippen molar-refractivity contribution in [2.45, 2.75) is 76.5 Å². The number of hydrogen-bond donors (Lipinski definition) is 2. The van der Waals surface area contributed by atoms with E-state index < -0.39 is 0 Å². The maximum Gasteiger partial charge on any atom is 0.124 e. The maximum absolute atomic E-state index is 11.4. The van der Waals surface area contributed by atoms with Crippen LogP contribution < -0.4 is 0 Å². The third-order valence-electron chi connectivity index (χ3n) is 16.2. The van der Waals surface area contributed by atoms with Gasteiger partial charge in [-0.15, -0.1) is 0 Å². The van der Waals surface area contributed by atoms with Gasteiger partial charge in [0.25, 0.3) is 0 Å². The second-order valence-corrected chi connectivity index (χ2v) is 18.7. The highest BCUT2D eigenvalue weighted by molar-refractivity contribution is 6.10. The smallest absolute Gasteiger partial charge is 0.124 e. The molecule has 6 aliphatic rings. The van der Waals surface area contributed by atoms with Crippen LogP contribution in [0.1, 0.15) is 87.7 Å². The highest BCUT2D eigenvalue weighted by Gasteiger charge is 2.80. The number of aromatic hydroxyl groups is 2. The Morgan fingerprint density at radius 3 is 1.41 bits per heavy atom. The third-order valence-corrected chi connectivity index (χ3v) is 16.2. The van der Waals surface area contributed by atoms with Gasteiger partial charge in [-0.2, -0.15) is 0 Å². The van der Waals surface area contributed by atoms with Crippen LogP contribution in [-0.2, 0) is 0 Å². The number of fused-ring (bicyclic) bond motifs is 6. The van der Waals surface area contributed by atoms with Gasteiger partial charge in [0.1, 0.15) is 11.5 Å². The van der Waals surface area contributed by atoms with Gasteiger partial charge < -0.3 is 10.2 Å². The Kier molecular flexibility index (Phi) is 6.75. The first-order valence-corrected chi connectivity index (χ1v) is 21.2. The van der Waals surface area contributed by atoms with Gasteiger partial charge in [-0.1, -0.05) is 91.9 Å². The van der Waals surface area contributed by atoms with E-state index in [-0.39, 0.29) is 11.5 Å². The Balaban J connectivity index is 0.799. The van der Waals surface area contributed by atoms with Gasteiger partial charge in [0, 0.05) is 11.1 Å². The molecule has 12 rings (SSSR count). The average molecular weight is 707 g/mol. The lowest BCUT2D eigenvalue weighted by Crippen LogP contribution is -2.23. The van der Waals surface area contributed by atoms with Crippen molar-refractivity contribution in [2.75, 3.05) is 0 Å². The molecule has 6 saturated carbocycles. The summed E-state index contributed by atoms with van der Waals surface area (Å²) in [5.74, 6) is 9.27. The lowest BCUT2D eigenvalue weighted by atomic mass is 9.70. The fourth-order valence-electron chi connectivity index (χ4n) is 12.9. The van der Waals surface area contributed by atoms with Gasteiger partial charge in [0.15, 0.2) is 0 Å². The van der Waals surface area contributed by atoms with E-state index in [1.165, 1.54) is 91.2 Å². The van der Waals surface area contributed by atoms with E-state index in [0.717, 1.165) is 68.4 Å². The minimum Gasteiger partial charge on any atom is -0.507 e. The predicted octanol–water partition coefficient (Wildman–Crippen LogP) is 13.5. The Morgan fingerprint density at radius 2 is 0.963 bits per heavy atom. The van der Waals surface area contributed by atoms with Gasteiger partial charge >= 0.3 is 0 Å². The summed E-state index contributed by atoms with van der Waals surface area (Å²) < 4.78 is 0. The summed E-state index contributed by atoms with van der Waals surface area (Å²) in [4.78, 5) is 0. The molecule has 4 atom stereocenters. The predicted molar refractivity (Wildman–Crippen MR) is 221 cm³/mol. The van der Waals surface area contributed by atoms with Crippen LogP contribution in [0.4, 0.5) is 0 Å². The zero-order valence-electron chi connectivity index (χ0n) is 31.3. The van der Waals surface area contributed by atoms with Gasteiger partial charge in [0.2, 0.25) is 0 Å². The third kappa shape index (κ3) is 4.84. The maximum atomic E-state index is 11.4. The number of phenols is 2. The van der Waals surface area contributed by atoms with E-state index in [0.29, 0.717) is 23.0 Å². The highest BCUT2D eigenvalue weighted by atomic mass is 16.3. The minimum absolute atomic E-state index is 0.178. The van der Waals surface area contributed by atoms with Crippen LogP contribution in [0.2, 0.25) is 0 Å². The van der Waals surface area contributed by atoms with E-state index in [1.54, 1.807) is 12.1 Å². The second-order valence-electron chi connectivity index (χ2n) is 18.7. The Morgan fingerprint density at radius 1 is 0.500 bits per heavy atom. The molecule has 2 N–H and O–H groups in total. The summed E-state index contributed by atoms with van der Waals surface area (Å²) in [6, 6.07) is 39.2. The average Bonchev–Trinajstić information content (AvgIpc) is 4.10. The molecule has 0 saturated heterocycles. The number of benzene rings is 6. The van der Waals surface area contributed by atoms with Crippen LogP contribution in [0.3, 0.4) is 0 Å². The molecule has 0 aliphatic heterocycles. The summed E-state index contributed by atoms with van der Waals surface area (Å²) >= 11 is 0. The van der Waals surface area contributed by atoms with Crippen molar-refractivity contribution in [3.05, 3.63) is 120 Å². The number of hydrogen-bond acceptors (Lipinski definition) is 2. The molecule has 4 unspecified atom stereocenters. The Labute approximate surface area is 319 Å². The van der Waals surface area contributed by atoms with E-state index in [2.05, 4.69) is 91.9 Å². The van der Waals surface area contributed by atoms with Gasteiger partial charge in [-0.3, -0.25) is 0 Å². The van der Waals surface area contributed by atoms with E-state index in [1.807, 2.05) is 12.1 Å². The zero-order valence-corrected chi connectivity index (χ0v) is 31.3. The summed E-state index contributed by atoms with van der Waals surface area (Å²) in [5.41, 5.74) is 9.86. The molecule has 2 heteroatoms. The molecule has 0 amide bonds. The van der Waals surface area contributed by atoms with E-state index >= 15 is 0 Å². The number of rotatable bonds is 6. The van der Waals surface area contributed by atoms with Crippen molar-refractivity contribution in [1.82, 2.24) is 0 Å². The molecular weight excluding hydrogens is 657 g/mol. The highest BCUT2D eigenvalue weighted by Crippen LogP contribution is 2.85. The SMILES string of the molecule is CC1C2C1C21CCC(c2ccc(-c3ccc4c(-c5c(O)ccc6cc(-c7ccc(C8CCC(C9C%10CC%109)CC8)cc7)ccc56)c(O)ccc4c3)cc2)CC1. The first-order chi connectivity index (χ1) is 26.4. The molecule has 0 heterocycles. The van der Waals surface area contributed by atoms with Crippen LogP contribution >= 0.6 is 0 Å². The summed E-state index contributed by atoms with van der Waals surface area (Å²) in [5, 5.41) is 26.7. The Bertz CT molecular complexity index is 2440. The molecule has 270 valence electrons. The van der Waals surface area contributed by atoms with Crippen LogP contribution in [0, 0.1) is 46.8 Å². The fourth-order valence-corrected chi connectivity index (χ4v) is 12.9. The lowest BCUT2D eigenvalue weighted by Gasteiger charge is -2.34. The molecule has 1 spiro atoms. The quantitative estimate of drug-likeness (QED) is 0.181. The summed E-state index contributed by atoms with van der Waals surface area (Å²) in [6.07, 6.45) is 12.6. The molecule has 0 radical (unpaired) electrons. The molecular formula is C52H50O2. The van der Waals surface area contributed by atoms with E-state index in [4.69, 9.17) is 0 Å². The van der Waals surface area contributed by atoms with Crippen molar-refractivity contribution < 1.29 is 10.2 Å². The van der Waals surface area contributed by atoms with Crippen molar-refractivity contribution in [3.63, 3.8) is 0 Å². The van der Waals surface area contributed by atoms with Gasteiger partial charge in [0.05, 0.1) is 0 Å². The van der Waals surface area contributed by atoms with Gasteiger partial charge in [-0.05, 0) is 196 Å².